The largest absolute Gasteiger partial charge is 0.462 e. The van der Waals surface area contributed by atoms with Crippen molar-refractivity contribution in [2.75, 3.05) is 0 Å². The van der Waals surface area contributed by atoms with Gasteiger partial charge in [-0.3, -0.25) is 0 Å². The third-order valence-corrected chi connectivity index (χ3v) is 2.49. The van der Waals surface area contributed by atoms with Crippen molar-refractivity contribution < 1.29 is 9.21 Å². The number of hydrogen-bond acceptors (Lipinski definition) is 5. The van der Waals surface area contributed by atoms with Gasteiger partial charge in [-0.2, -0.15) is 4.99 Å². The van der Waals surface area contributed by atoms with Gasteiger partial charge in [-0.1, -0.05) is 0 Å². The third kappa shape index (κ3) is 1.79. The minimum atomic E-state index is 0.278. The van der Waals surface area contributed by atoms with E-state index in [0.29, 0.717) is 0 Å². The fraction of sp³-hybridized carbons (Fsp3) is 0.111. The van der Waals surface area contributed by atoms with Crippen LogP contribution in [0.15, 0.2) is 33.2 Å². The van der Waals surface area contributed by atoms with Crippen LogP contribution < -0.4 is 0 Å². The lowest BCUT2D eigenvalue weighted by Gasteiger charge is -1.86. The Hall–Kier alpha value is -1.71. The number of thiazole rings is 1. The molecule has 2 rings (SSSR count). The van der Waals surface area contributed by atoms with E-state index in [1.54, 1.807) is 12.3 Å². The molecule has 0 spiro atoms. The Kier molecular flexibility index (Phi) is 2.53. The zero-order valence-electron chi connectivity index (χ0n) is 7.14. The van der Waals surface area contributed by atoms with Crippen molar-refractivity contribution in [3.63, 3.8) is 0 Å². The molecule has 0 saturated heterocycles. The molecule has 0 saturated carbocycles. The second-order valence-electron chi connectivity index (χ2n) is 2.53. The highest BCUT2D eigenvalue weighted by molar-refractivity contribution is 7.13. The predicted molar refractivity (Wildman–Crippen MR) is 51.6 cm³/mol. The van der Waals surface area contributed by atoms with Gasteiger partial charge in [0.25, 0.3) is 0 Å². The van der Waals surface area contributed by atoms with Gasteiger partial charge in [-0.05, 0) is 12.1 Å². The second kappa shape index (κ2) is 4.00. The van der Waals surface area contributed by atoms with Gasteiger partial charge in [0.05, 0.1) is 18.5 Å². The molecule has 2 aromatic heterocycles. The Morgan fingerprint density at radius 1 is 1.64 bits per heavy atom. The van der Waals surface area contributed by atoms with E-state index in [1.807, 2.05) is 11.4 Å². The number of hydrogen-bond donors (Lipinski definition) is 0. The first-order valence-corrected chi connectivity index (χ1v) is 4.80. The molecule has 5 heteroatoms. The summed E-state index contributed by atoms with van der Waals surface area (Å²) in [4.78, 5) is 17.6. The molecule has 0 fully saturated rings. The summed E-state index contributed by atoms with van der Waals surface area (Å²) >= 11 is 1.46. The maximum atomic E-state index is 9.88. The first-order chi connectivity index (χ1) is 6.90. The number of furan rings is 1. The number of aliphatic imine (C=N–C) groups is 1. The van der Waals surface area contributed by atoms with E-state index in [0.717, 1.165) is 16.5 Å². The molecule has 2 heterocycles. The van der Waals surface area contributed by atoms with Crippen LogP contribution in [0.2, 0.25) is 0 Å². The average Bonchev–Trinajstić information content (AvgIpc) is 2.85. The van der Waals surface area contributed by atoms with Gasteiger partial charge >= 0.3 is 0 Å². The summed E-state index contributed by atoms with van der Waals surface area (Å²) in [5.41, 5.74) is 0.754. The van der Waals surface area contributed by atoms with Crippen LogP contribution in [0.3, 0.4) is 0 Å². The van der Waals surface area contributed by atoms with E-state index in [2.05, 4.69) is 9.98 Å². The summed E-state index contributed by atoms with van der Waals surface area (Å²) in [6.45, 7) is 0.278. The summed E-state index contributed by atoms with van der Waals surface area (Å²) in [7, 11) is 0. The van der Waals surface area contributed by atoms with Crippen molar-refractivity contribution in [2.45, 2.75) is 6.54 Å². The summed E-state index contributed by atoms with van der Waals surface area (Å²) in [5, 5.41) is 2.64. The van der Waals surface area contributed by atoms with E-state index < -0.39 is 0 Å². The van der Waals surface area contributed by atoms with Crippen molar-refractivity contribution in [2.24, 2.45) is 4.99 Å². The summed E-state index contributed by atoms with van der Waals surface area (Å²) in [6.07, 6.45) is 3.07. The van der Waals surface area contributed by atoms with Crippen LogP contribution in [0.25, 0.3) is 10.8 Å². The molecule has 14 heavy (non-hydrogen) atoms. The summed E-state index contributed by atoms with van der Waals surface area (Å²) in [5.74, 6) is 0.733. The van der Waals surface area contributed by atoms with Crippen LogP contribution in [-0.2, 0) is 11.3 Å². The van der Waals surface area contributed by atoms with Gasteiger partial charge in [0.15, 0.2) is 10.8 Å². The van der Waals surface area contributed by atoms with E-state index in [4.69, 9.17) is 4.42 Å². The van der Waals surface area contributed by atoms with Crippen LogP contribution in [0, 0.1) is 0 Å². The van der Waals surface area contributed by atoms with Gasteiger partial charge in [-0.15, -0.1) is 11.3 Å². The molecule has 0 aliphatic rings. The topological polar surface area (TPSA) is 55.5 Å². The van der Waals surface area contributed by atoms with Crippen LogP contribution in [0.5, 0.6) is 0 Å². The molecule has 0 amide bonds. The number of carbonyl (C=O) groups excluding carboxylic acids is 1. The van der Waals surface area contributed by atoms with Crippen LogP contribution in [0.4, 0.5) is 0 Å². The Morgan fingerprint density at radius 2 is 2.57 bits per heavy atom. The van der Waals surface area contributed by atoms with Crippen LogP contribution in [-0.4, -0.2) is 11.1 Å². The zero-order valence-corrected chi connectivity index (χ0v) is 7.95. The van der Waals surface area contributed by atoms with E-state index in [1.165, 1.54) is 17.4 Å². The molecule has 0 aromatic carbocycles. The number of rotatable bonds is 3. The average molecular weight is 206 g/mol. The fourth-order valence-electron chi connectivity index (χ4n) is 1.01. The molecule has 70 valence electrons. The third-order valence-electron chi connectivity index (χ3n) is 1.59. The maximum absolute atomic E-state index is 9.88. The molecule has 0 atom stereocenters. The first-order valence-electron chi connectivity index (χ1n) is 3.92. The molecule has 0 aliphatic carbocycles. The van der Waals surface area contributed by atoms with Gasteiger partial charge < -0.3 is 4.42 Å². The first kappa shape index (κ1) is 8.87. The lowest BCUT2D eigenvalue weighted by Crippen LogP contribution is -1.80. The molecular weight excluding hydrogens is 200 g/mol. The second-order valence-corrected chi connectivity index (χ2v) is 3.39. The summed E-state index contributed by atoms with van der Waals surface area (Å²) in [6, 6.07) is 3.64. The number of isocyanates is 1. The Labute approximate surface area is 83.9 Å². The van der Waals surface area contributed by atoms with Crippen LogP contribution >= 0.6 is 11.3 Å². The molecule has 0 bridgehead atoms. The molecule has 0 aliphatic heterocycles. The van der Waals surface area contributed by atoms with E-state index in [-0.39, 0.29) is 6.54 Å². The van der Waals surface area contributed by atoms with E-state index >= 15 is 0 Å². The van der Waals surface area contributed by atoms with Crippen molar-refractivity contribution >= 4 is 17.4 Å². The van der Waals surface area contributed by atoms with Gasteiger partial charge in [0, 0.05) is 5.38 Å². The number of nitrogens with zero attached hydrogens (tertiary/aromatic N) is 2. The van der Waals surface area contributed by atoms with Crippen molar-refractivity contribution in [1.82, 2.24) is 4.98 Å². The highest BCUT2D eigenvalue weighted by Crippen LogP contribution is 2.23. The molecule has 2 aromatic rings. The predicted octanol–water partition coefficient (Wildman–Crippen LogP) is 2.24. The number of aromatic nitrogens is 1. The minimum Gasteiger partial charge on any atom is -0.462 e. The molecule has 0 radical (unpaired) electrons. The van der Waals surface area contributed by atoms with Crippen molar-refractivity contribution in [3.05, 3.63) is 29.5 Å². The normalized spacial score (nSPS) is 9.71. The molecule has 0 unspecified atom stereocenters. The van der Waals surface area contributed by atoms with E-state index in [9.17, 15) is 4.79 Å². The molecular formula is C9H6N2O2S. The van der Waals surface area contributed by atoms with Gasteiger partial charge in [-0.25, -0.2) is 9.78 Å². The Balaban J connectivity index is 2.22. The van der Waals surface area contributed by atoms with Crippen LogP contribution in [0.1, 0.15) is 5.69 Å². The van der Waals surface area contributed by atoms with Crippen molar-refractivity contribution in [3.8, 4) is 10.8 Å². The molecule has 4 nitrogen and oxygen atoms in total. The minimum absolute atomic E-state index is 0.278. The Bertz CT molecular complexity index is 455. The quantitative estimate of drug-likeness (QED) is 0.571. The fourth-order valence-corrected chi connectivity index (χ4v) is 1.78. The summed E-state index contributed by atoms with van der Waals surface area (Å²) < 4.78 is 5.18. The van der Waals surface area contributed by atoms with Gasteiger partial charge in [0.1, 0.15) is 0 Å². The monoisotopic (exact) mass is 206 g/mol. The molecule has 0 N–H and O–H groups in total. The lowest BCUT2D eigenvalue weighted by molar-refractivity contribution is 0.562. The van der Waals surface area contributed by atoms with Crippen molar-refractivity contribution in [1.29, 1.82) is 0 Å². The smallest absolute Gasteiger partial charge is 0.235 e. The lowest BCUT2D eigenvalue weighted by atomic mass is 10.4. The Morgan fingerprint density at radius 3 is 3.29 bits per heavy atom. The maximum Gasteiger partial charge on any atom is 0.235 e. The highest BCUT2D eigenvalue weighted by Gasteiger charge is 2.05. The zero-order chi connectivity index (χ0) is 9.80. The SMILES string of the molecule is O=C=NCc1csc(-c2ccco2)n1. The highest BCUT2D eigenvalue weighted by atomic mass is 32.1. The standard InChI is InChI=1S/C9H6N2O2S/c12-6-10-4-7-5-14-9(11-7)8-2-1-3-13-8/h1-3,5H,4H2. The van der Waals surface area contributed by atoms with Gasteiger partial charge in [0.2, 0.25) is 6.08 Å².